The Labute approximate surface area is 119 Å². The molecule has 0 atom stereocenters. The minimum Gasteiger partial charge on any atom is -0.335 e. The Morgan fingerprint density at radius 2 is 2.28 bits per heavy atom. The summed E-state index contributed by atoms with van der Waals surface area (Å²) in [6.07, 6.45) is 2.40. The zero-order valence-electron chi connectivity index (χ0n) is 9.70. The summed E-state index contributed by atoms with van der Waals surface area (Å²) in [6.45, 7) is 0.479. The van der Waals surface area contributed by atoms with Crippen molar-refractivity contribution in [2.45, 2.75) is 25.3 Å². The van der Waals surface area contributed by atoms with E-state index in [1.165, 1.54) is 0 Å². The SMILES string of the molecule is N#CCCN(C(=O)c1ccc(Br)cc1Cl)C1CC1. The highest BCUT2D eigenvalue weighted by molar-refractivity contribution is 9.10. The molecule has 94 valence electrons. The second-order valence-electron chi connectivity index (χ2n) is 4.26. The molecular formula is C13H12BrClN2O. The van der Waals surface area contributed by atoms with Crippen LogP contribution in [0.25, 0.3) is 0 Å². The van der Waals surface area contributed by atoms with Gasteiger partial charge >= 0.3 is 0 Å². The number of nitriles is 1. The highest BCUT2D eigenvalue weighted by Crippen LogP contribution is 2.30. The van der Waals surface area contributed by atoms with Crippen molar-refractivity contribution in [1.29, 1.82) is 5.26 Å². The standard InChI is InChI=1S/C13H12BrClN2O/c14-9-2-5-11(12(15)8-9)13(18)17(7-1-6-16)10-3-4-10/h2,5,8,10H,1,3-4,7H2. The summed E-state index contributed by atoms with van der Waals surface area (Å²) >= 11 is 9.40. The first-order valence-electron chi connectivity index (χ1n) is 5.76. The molecule has 0 N–H and O–H groups in total. The number of carbonyl (C=O) groups is 1. The van der Waals surface area contributed by atoms with Gasteiger partial charge in [-0.3, -0.25) is 4.79 Å². The summed E-state index contributed by atoms with van der Waals surface area (Å²) < 4.78 is 0.846. The Balaban J connectivity index is 2.19. The molecule has 18 heavy (non-hydrogen) atoms. The summed E-state index contributed by atoms with van der Waals surface area (Å²) in [5.41, 5.74) is 0.504. The summed E-state index contributed by atoms with van der Waals surface area (Å²) in [7, 11) is 0. The highest BCUT2D eigenvalue weighted by Gasteiger charge is 2.33. The quantitative estimate of drug-likeness (QED) is 0.847. The zero-order chi connectivity index (χ0) is 13.1. The van der Waals surface area contributed by atoms with E-state index in [0.29, 0.717) is 23.6 Å². The summed E-state index contributed by atoms with van der Waals surface area (Å²) in [4.78, 5) is 14.1. The van der Waals surface area contributed by atoms with Gasteiger partial charge < -0.3 is 4.90 Å². The first-order valence-corrected chi connectivity index (χ1v) is 6.93. The summed E-state index contributed by atoms with van der Waals surface area (Å²) in [5.74, 6) is -0.0785. The molecule has 1 saturated carbocycles. The fraction of sp³-hybridized carbons (Fsp3) is 0.385. The Morgan fingerprint density at radius 1 is 1.56 bits per heavy atom. The molecule has 0 saturated heterocycles. The van der Waals surface area contributed by atoms with E-state index in [4.69, 9.17) is 16.9 Å². The van der Waals surface area contributed by atoms with Crippen LogP contribution in [-0.2, 0) is 0 Å². The second-order valence-corrected chi connectivity index (χ2v) is 5.58. The molecule has 0 spiro atoms. The van der Waals surface area contributed by atoms with Crippen molar-refractivity contribution < 1.29 is 4.79 Å². The molecule has 5 heteroatoms. The molecule has 0 aliphatic heterocycles. The molecule has 1 aliphatic carbocycles. The number of nitrogens with zero attached hydrogens (tertiary/aromatic N) is 2. The number of carbonyl (C=O) groups excluding carboxylic acids is 1. The van der Waals surface area contributed by atoms with E-state index in [1.807, 2.05) is 0 Å². The maximum atomic E-state index is 12.4. The van der Waals surface area contributed by atoms with Crippen molar-refractivity contribution in [3.8, 4) is 6.07 Å². The molecule has 1 aromatic rings. The molecular weight excluding hydrogens is 316 g/mol. The minimum absolute atomic E-state index is 0.0785. The topological polar surface area (TPSA) is 44.1 Å². The van der Waals surface area contributed by atoms with Crippen molar-refractivity contribution in [2.75, 3.05) is 6.54 Å². The van der Waals surface area contributed by atoms with Crippen LogP contribution in [0.2, 0.25) is 5.02 Å². The summed E-state index contributed by atoms with van der Waals surface area (Å²) in [6, 6.07) is 7.59. The molecule has 0 unspecified atom stereocenters. The number of hydrogen-bond acceptors (Lipinski definition) is 2. The highest BCUT2D eigenvalue weighted by atomic mass is 79.9. The lowest BCUT2D eigenvalue weighted by Crippen LogP contribution is -2.34. The number of amides is 1. The second kappa shape index (κ2) is 5.73. The third-order valence-electron chi connectivity index (χ3n) is 2.87. The van der Waals surface area contributed by atoms with Crippen molar-refractivity contribution in [1.82, 2.24) is 4.90 Å². The number of benzene rings is 1. The third kappa shape index (κ3) is 3.04. The van der Waals surface area contributed by atoms with Crippen LogP contribution >= 0.6 is 27.5 Å². The Kier molecular flexibility index (Phi) is 4.26. The number of rotatable bonds is 4. The first kappa shape index (κ1) is 13.4. The van der Waals surface area contributed by atoms with Gasteiger partial charge in [-0.15, -0.1) is 0 Å². The molecule has 3 nitrogen and oxygen atoms in total. The molecule has 0 aromatic heterocycles. The van der Waals surface area contributed by atoms with E-state index >= 15 is 0 Å². The van der Waals surface area contributed by atoms with E-state index in [9.17, 15) is 4.79 Å². The normalized spacial score (nSPS) is 14.1. The Bertz CT molecular complexity index is 508. The Hall–Kier alpha value is -1.05. The van der Waals surface area contributed by atoms with Crippen LogP contribution in [0.1, 0.15) is 29.6 Å². The van der Waals surface area contributed by atoms with Gasteiger partial charge in [-0.1, -0.05) is 27.5 Å². The fourth-order valence-electron chi connectivity index (χ4n) is 1.82. The molecule has 2 rings (SSSR count). The molecule has 0 heterocycles. The van der Waals surface area contributed by atoms with Crippen molar-refractivity contribution in [3.05, 3.63) is 33.3 Å². The van der Waals surface area contributed by atoms with Gasteiger partial charge in [0.15, 0.2) is 0 Å². The first-order chi connectivity index (χ1) is 8.63. The molecule has 0 radical (unpaired) electrons. The smallest absolute Gasteiger partial charge is 0.255 e. The van der Waals surface area contributed by atoms with E-state index in [2.05, 4.69) is 22.0 Å². The lowest BCUT2D eigenvalue weighted by molar-refractivity contribution is 0.0747. The number of halogens is 2. The van der Waals surface area contributed by atoms with Gasteiger partial charge in [0.05, 0.1) is 23.1 Å². The van der Waals surface area contributed by atoms with Crippen LogP contribution in [0.4, 0.5) is 0 Å². The van der Waals surface area contributed by atoms with Gasteiger partial charge in [-0.25, -0.2) is 0 Å². The predicted molar refractivity (Wildman–Crippen MR) is 73.4 cm³/mol. The van der Waals surface area contributed by atoms with E-state index in [-0.39, 0.29) is 11.9 Å². The van der Waals surface area contributed by atoms with Crippen LogP contribution in [0.15, 0.2) is 22.7 Å². The van der Waals surface area contributed by atoms with Crippen LogP contribution in [0, 0.1) is 11.3 Å². The van der Waals surface area contributed by atoms with Gasteiger partial charge in [0.2, 0.25) is 0 Å². The number of hydrogen-bond donors (Lipinski definition) is 0. The van der Waals surface area contributed by atoms with E-state index in [0.717, 1.165) is 17.3 Å². The van der Waals surface area contributed by atoms with Crippen LogP contribution in [-0.4, -0.2) is 23.4 Å². The predicted octanol–water partition coefficient (Wildman–Crippen LogP) is 3.62. The summed E-state index contributed by atoms with van der Waals surface area (Å²) in [5, 5.41) is 9.08. The minimum atomic E-state index is -0.0785. The van der Waals surface area contributed by atoms with Gasteiger partial charge in [0, 0.05) is 17.1 Å². The maximum Gasteiger partial charge on any atom is 0.255 e. The Morgan fingerprint density at radius 3 is 2.83 bits per heavy atom. The lowest BCUT2D eigenvalue weighted by atomic mass is 10.2. The molecule has 1 aliphatic rings. The molecule has 1 aromatic carbocycles. The van der Waals surface area contributed by atoms with Gasteiger partial charge in [0.25, 0.3) is 5.91 Å². The van der Waals surface area contributed by atoms with Crippen molar-refractivity contribution in [2.24, 2.45) is 0 Å². The van der Waals surface area contributed by atoms with E-state index in [1.54, 1.807) is 23.1 Å². The molecule has 1 fully saturated rings. The van der Waals surface area contributed by atoms with Crippen LogP contribution < -0.4 is 0 Å². The average molecular weight is 328 g/mol. The van der Waals surface area contributed by atoms with Crippen molar-refractivity contribution >= 4 is 33.4 Å². The average Bonchev–Trinajstić information content (AvgIpc) is 3.13. The third-order valence-corrected chi connectivity index (χ3v) is 3.68. The van der Waals surface area contributed by atoms with Gasteiger partial charge in [-0.05, 0) is 31.0 Å². The van der Waals surface area contributed by atoms with Crippen LogP contribution in [0.3, 0.4) is 0 Å². The van der Waals surface area contributed by atoms with Crippen molar-refractivity contribution in [3.63, 3.8) is 0 Å². The zero-order valence-corrected chi connectivity index (χ0v) is 12.0. The van der Waals surface area contributed by atoms with Gasteiger partial charge in [-0.2, -0.15) is 5.26 Å². The lowest BCUT2D eigenvalue weighted by Gasteiger charge is -2.21. The van der Waals surface area contributed by atoms with E-state index < -0.39 is 0 Å². The molecule has 1 amide bonds. The fourth-order valence-corrected chi connectivity index (χ4v) is 2.58. The van der Waals surface area contributed by atoms with Gasteiger partial charge in [0.1, 0.15) is 0 Å². The molecule has 0 bridgehead atoms. The largest absolute Gasteiger partial charge is 0.335 e. The monoisotopic (exact) mass is 326 g/mol. The maximum absolute atomic E-state index is 12.4. The van der Waals surface area contributed by atoms with Crippen LogP contribution in [0.5, 0.6) is 0 Å².